The van der Waals surface area contributed by atoms with E-state index >= 15 is 0 Å². The van der Waals surface area contributed by atoms with Gasteiger partial charge < -0.3 is 4.74 Å². The van der Waals surface area contributed by atoms with Crippen LogP contribution in [0.2, 0.25) is 0 Å². The molecule has 0 heterocycles. The Labute approximate surface area is 115 Å². The minimum Gasteiger partial charge on any atom is -0.456 e. The van der Waals surface area contributed by atoms with Crippen molar-refractivity contribution in [1.29, 1.82) is 0 Å². The van der Waals surface area contributed by atoms with Gasteiger partial charge in [0.15, 0.2) is 0 Å². The second-order valence-corrected chi connectivity index (χ2v) is 5.71. The molecule has 2 rings (SSSR count). The minimum atomic E-state index is -0.408. The summed E-state index contributed by atoms with van der Waals surface area (Å²) in [5.41, 5.74) is 2.84. The predicted molar refractivity (Wildman–Crippen MR) is 76.9 cm³/mol. The van der Waals surface area contributed by atoms with Crippen molar-refractivity contribution in [2.24, 2.45) is 5.92 Å². The van der Waals surface area contributed by atoms with Crippen LogP contribution in [0.3, 0.4) is 0 Å². The number of hydrogen-bond acceptors (Lipinski definition) is 2. The van der Waals surface area contributed by atoms with Crippen LogP contribution in [0.4, 0.5) is 0 Å². The number of carbonyl (C=O) groups is 1. The van der Waals surface area contributed by atoms with Crippen LogP contribution >= 0.6 is 0 Å². The lowest BCUT2D eigenvalue weighted by Crippen LogP contribution is -2.40. The maximum absolute atomic E-state index is 11.8. The van der Waals surface area contributed by atoms with Crippen LogP contribution in [0.5, 0.6) is 0 Å². The molecule has 0 radical (unpaired) electrons. The van der Waals surface area contributed by atoms with Crippen molar-refractivity contribution >= 4 is 5.97 Å². The first kappa shape index (κ1) is 13.9. The van der Waals surface area contributed by atoms with Crippen molar-refractivity contribution in [1.82, 2.24) is 0 Å². The van der Waals surface area contributed by atoms with E-state index in [9.17, 15) is 4.79 Å². The van der Waals surface area contributed by atoms with Crippen molar-refractivity contribution in [2.45, 2.75) is 45.6 Å². The lowest BCUT2D eigenvalue weighted by molar-refractivity contribution is -0.159. The van der Waals surface area contributed by atoms with E-state index in [0.717, 1.165) is 19.3 Å². The second-order valence-electron chi connectivity index (χ2n) is 5.71. The van der Waals surface area contributed by atoms with E-state index in [1.807, 2.05) is 6.92 Å². The number of benzene rings is 1. The van der Waals surface area contributed by atoms with E-state index in [2.05, 4.69) is 37.8 Å². The fraction of sp³-hybridized carbons (Fsp3) is 0.471. The Morgan fingerprint density at radius 1 is 1.37 bits per heavy atom. The molecule has 2 heteroatoms. The Kier molecular flexibility index (Phi) is 3.79. The maximum atomic E-state index is 11.8. The van der Waals surface area contributed by atoms with Crippen LogP contribution in [-0.4, -0.2) is 11.6 Å². The summed E-state index contributed by atoms with van der Waals surface area (Å²) in [6, 6.07) is 8.49. The lowest BCUT2D eigenvalue weighted by atomic mass is 9.84. The topological polar surface area (TPSA) is 26.3 Å². The molecule has 1 aliphatic carbocycles. The van der Waals surface area contributed by atoms with Gasteiger partial charge >= 0.3 is 5.97 Å². The first-order valence-electron chi connectivity index (χ1n) is 6.92. The van der Waals surface area contributed by atoms with Crippen LogP contribution in [-0.2, 0) is 22.4 Å². The Morgan fingerprint density at radius 3 is 2.32 bits per heavy atom. The highest BCUT2D eigenvalue weighted by Crippen LogP contribution is 2.37. The summed E-state index contributed by atoms with van der Waals surface area (Å²) in [7, 11) is 0. The van der Waals surface area contributed by atoms with Crippen molar-refractivity contribution < 1.29 is 9.53 Å². The minimum absolute atomic E-state index is 0.277. The van der Waals surface area contributed by atoms with Gasteiger partial charge in [-0.25, -0.2) is 4.79 Å². The first-order chi connectivity index (χ1) is 8.96. The van der Waals surface area contributed by atoms with E-state index < -0.39 is 5.60 Å². The fourth-order valence-electron chi connectivity index (χ4n) is 2.73. The Morgan fingerprint density at radius 2 is 1.89 bits per heavy atom. The second kappa shape index (κ2) is 5.20. The molecule has 0 N–H and O–H groups in total. The van der Waals surface area contributed by atoms with Gasteiger partial charge in [0.2, 0.25) is 0 Å². The predicted octanol–water partition coefficient (Wildman–Crippen LogP) is 3.69. The molecule has 1 aromatic rings. The van der Waals surface area contributed by atoms with Crippen LogP contribution in [0, 0.1) is 5.92 Å². The molecule has 1 aliphatic rings. The highest BCUT2D eigenvalue weighted by atomic mass is 16.6. The molecule has 0 spiro atoms. The van der Waals surface area contributed by atoms with E-state index in [0.29, 0.717) is 11.5 Å². The standard InChI is InChI=1S/C17H22O2/c1-5-17(4,19-16(18)12(2)3)15-10-13-8-6-7-9-14(13)11-15/h6-9,15H,2,5,10-11H2,1,3-4H3. The largest absolute Gasteiger partial charge is 0.456 e. The van der Waals surface area contributed by atoms with E-state index in [1.165, 1.54) is 11.1 Å². The highest BCUT2D eigenvalue weighted by Gasteiger charge is 2.39. The van der Waals surface area contributed by atoms with Gasteiger partial charge in [-0.1, -0.05) is 37.8 Å². The van der Waals surface area contributed by atoms with Crippen molar-refractivity contribution in [3.05, 3.63) is 47.5 Å². The molecule has 0 fully saturated rings. The van der Waals surface area contributed by atoms with Gasteiger partial charge in [-0.15, -0.1) is 0 Å². The zero-order valence-corrected chi connectivity index (χ0v) is 12.0. The summed E-state index contributed by atoms with van der Waals surface area (Å²) in [4.78, 5) is 11.8. The molecule has 0 aromatic heterocycles. The number of ether oxygens (including phenoxy) is 1. The van der Waals surface area contributed by atoms with Crippen molar-refractivity contribution in [3.8, 4) is 0 Å². The molecule has 0 saturated carbocycles. The number of carbonyl (C=O) groups excluding carboxylic acids is 1. The normalized spacial score (nSPS) is 17.6. The SMILES string of the molecule is C=C(C)C(=O)OC(C)(CC)C1Cc2ccccc2C1. The highest BCUT2D eigenvalue weighted by molar-refractivity contribution is 5.87. The zero-order chi connectivity index (χ0) is 14.0. The first-order valence-corrected chi connectivity index (χ1v) is 6.92. The molecule has 0 aliphatic heterocycles. The van der Waals surface area contributed by atoms with Gasteiger partial charge in [-0.3, -0.25) is 0 Å². The van der Waals surface area contributed by atoms with Crippen LogP contribution in [0.25, 0.3) is 0 Å². The lowest BCUT2D eigenvalue weighted by Gasteiger charge is -2.34. The Hall–Kier alpha value is -1.57. The third-order valence-corrected chi connectivity index (χ3v) is 4.29. The average Bonchev–Trinajstić information content (AvgIpc) is 2.82. The summed E-state index contributed by atoms with van der Waals surface area (Å²) in [6.45, 7) is 9.49. The molecule has 2 nitrogen and oxygen atoms in total. The molecule has 102 valence electrons. The zero-order valence-electron chi connectivity index (χ0n) is 12.0. The van der Waals surface area contributed by atoms with Crippen LogP contribution in [0.15, 0.2) is 36.4 Å². The molecule has 1 aromatic carbocycles. The summed E-state index contributed by atoms with van der Waals surface area (Å²) in [5.74, 6) is 0.0820. The number of fused-ring (bicyclic) bond motifs is 1. The molecule has 1 atom stereocenters. The quantitative estimate of drug-likeness (QED) is 0.608. The van der Waals surface area contributed by atoms with E-state index in [1.54, 1.807) is 6.92 Å². The Bertz CT molecular complexity index is 479. The third-order valence-electron chi connectivity index (χ3n) is 4.29. The van der Waals surface area contributed by atoms with Gasteiger partial charge in [0, 0.05) is 11.5 Å². The molecule has 0 bridgehead atoms. The van der Waals surface area contributed by atoms with Gasteiger partial charge in [-0.05, 0) is 44.2 Å². The number of rotatable bonds is 4. The molecule has 19 heavy (non-hydrogen) atoms. The summed E-state index contributed by atoms with van der Waals surface area (Å²) in [5, 5.41) is 0. The smallest absolute Gasteiger partial charge is 0.333 e. The van der Waals surface area contributed by atoms with Crippen LogP contribution < -0.4 is 0 Å². The average molecular weight is 258 g/mol. The Balaban J connectivity index is 2.16. The van der Waals surface area contributed by atoms with Gasteiger partial charge in [-0.2, -0.15) is 0 Å². The van der Waals surface area contributed by atoms with Gasteiger partial charge in [0.05, 0.1) is 0 Å². The number of esters is 1. The third kappa shape index (κ3) is 2.73. The van der Waals surface area contributed by atoms with Crippen LogP contribution in [0.1, 0.15) is 38.3 Å². The van der Waals surface area contributed by atoms with Gasteiger partial charge in [0.25, 0.3) is 0 Å². The molecular formula is C17H22O2. The van der Waals surface area contributed by atoms with Crippen molar-refractivity contribution in [3.63, 3.8) is 0 Å². The van der Waals surface area contributed by atoms with Crippen molar-refractivity contribution in [2.75, 3.05) is 0 Å². The molecule has 0 saturated heterocycles. The summed E-state index contributed by atoms with van der Waals surface area (Å²) >= 11 is 0. The maximum Gasteiger partial charge on any atom is 0.333 e. The molecule has 0 amide bonds. The summed E-state index contributed by atoms with van der Waals surface area (Å²) < 4.78 is 5.73. The number of hydrogen-bond donors (Lipinski definition) is 0. The monoisotopic (exact) mass is 258 g/mol. The van der Waals surface area contributed by atoms with E-state index in [4.69, 9.17) is 4.74 Å². The van der Waals surface area contributed by atoms with E-state index in [-0.39, 0.29) is 5.97 Å². The fourth-order valence-corrected chi connectivity index (χ4v) is 2.73. The summed E-state index contributed by atoms with van der Waals surface area (Å²) in [6.07, 6.45) is 2.80. The van der Waals surface area contributed by atoms with Gasteiger partial charge in [0.1, 0.15) is 5.60 Å². The molecular weight excluding hydrogens is 236 g/mol. The molecule has 1 unspecified atom stereocenters.